The van der Waals surface area contributed by atoms with E-state index in [0.717, 1.165) is 0 Å². The van der Waals surface area contributed by atoms with E-state index in [-0.39, 0.29) is 11.1 Å². The zero-order valence-corrected chi connectivity index (χ0v) is 7.30. The van der Waals surface area contributed by atoms with E-state index in [1.54, 1.807) is 6.07 Å². The lowest BCUT2D eigenvalue weighted by Crippen LogP contribution is -2.04. The van der Waals surface area contributed by atoms with Crippen molar-refractivity contribution in [1.29, 1.82) is 0 Å². The molecule has 0 aromatic carbocycles. The molecule has 1 rings (SSSR count). The van der Waals surface area contributed by atoms with E-state index >= 15 is 0 Å². The maximum atomic E-state index is 9.52. The number of hydrogen-bond donors (Lipinski definition) is 1. The molecule has 1 N–H and O–H groups in total. The van der Waals surface area contributed by atoms with Crippen LogP contribution in [0.3, 0.4) is 0 Å². The molecule has 11 heavy (non-hydrogen) atoms. The fourth-order valence-corrected chi connectivity index (χ4v) is 1.10. The Morgan fingerprint density at radius 3 is 2.55 bits per heavy atom. The third kappa shape index (κ3) is 1.76. The van der Waals surface area contributed by atoms with Crippen LogP contribution in [0.15, 0.2) is 16.7 Å². The molecule has 0 fully saturated rings. The highest BCUT2D eigenvalue weighted by atomic mass is 35.5. The summed E-state index contributed by atoms with van der Waals surface area (Å²) in [6.07, 6.45) is 0.949. The number of aliphatic hydroxyl groups excluding tert-OH is 1. The third-order valence-electron chi connectivity index (χ3n) is 1.60. The highest BCUT2D eigenvalue weighted by molar-refractivity contribution is 6.29. The van der Waals surface area contributed by atoms with Crippen LogP contribution in [-0.2, 0) is 0 Å². The van der Waals surface area contributed by atoms with Crippen LogP contribution in [0, 0.1) is 5.92 Å². The van der Waals surface area contributed by atoms with Gasteiger partial charge in [0.05, 0.1) is 12.4 Å². The smallest absolute Gasteiger partial charge is 0.198 e. The van der Waals surface area contributed by atoms with E-state index in [9.17, 15) is 5.11 Å². The van der Waals surface area contributed by atoms with Crippen LogP contribution in [-0.4, -0.2) is 5.11 Å². The lowest BCUT2D eigenvalue weighted by molar-refractivity contribution is 0.126. The summed E-state index contributed by atoms with van der Waals surface area (Å²) >= 11 is 5.65. The van der Waals surface area contributed by atoms with Gasteiger partial charge in [-0.15, -0.1) is 0 Å². The molecular weight excluding hydrogens is 164 g/mol. The Morgan fingerprint density at radius 1 is 1.55 bits per heavy atom. The molecule has 1 aromatic rings. The van der Waals surface area contributed by atoms with Gasteiger partial charge in [-0.1, -0.05) is 13.8 Å². The summed E-state index contributed by atoms with van der Waals surface area (Å²) in [5.74, 6) is 0.157. The largest absolute Gasteiger partial charge is 0.453 e. The summed E-state index contributed by atoms with van der Waals surface area (Å²) in [4.78, 5) is 0. The van der Waals surface area contributed by atoms with Crippen molar-refractivity contribution >= 4 is 11.6 Å². The highest BCUT2D eigenvalue weighted by Crippen LogP contribution is 2.28. The van der Waals surface area contributed by atoms with Crippen LogP contribution in [0.2, 0.25) is 5.22 Å². The lowest BCUT2D eigenvalue weighted by atomic mass is 10.0. The first-order valence-electron chi connectivity index (χ1n) is 3.54. The second kappa shape index (κ2) is 3.28. The van der Waals surface area contributed by atoms with Crippen LogP contribution in [0.25, 0.3) is 0 Å². The minimum absolute atomic E-state index is 0.157. The van der Waals surface area contributed by atoms with Gasteiger partial charge in [-0.25, -0.2) is 0 Å². The molecule has 0 saturated carbocycles. The van der Waals surface area contributed by atoms with Crippen molar-refractivity contribution in [3.63, 3.8) is 0 Å². The van der Waals surface area contributed by atoms with Gasteiger partial charge in [0.2, 0.25) is 0 Å². The molecule has 0 aliphatic heterocycles. The molecule has 2 nitrogen and oxygen atoms in total. The predicted molar refractivity (Wildman–Crippen MR) is 43.5 cm³/mol. The van der Waals surface area contributed by atoms with Crippen molar-refractivity contribution in [1.82, 2.24) is 0 Å². The van der Waals surface area contributed by atoms with Crippen LogP contribution >= 0.6 is 11.6 Å². The molecule has 1 aromatic heterocycles. The fourth-order valence-electron chi connectivity index (χ4n) is 0.875. The summed E-state index contributed by atoms with van der Waals surface area (Å²) in [5, 5.41) is 9.81. The molecule has 1 atom stereocenters. The number of rotatable bonds is 2. The van der Waals surface area contributed by atoms with Gasteiger partial charge >= 0.3 is 0 Å². The molecular formula is C8H11ClO2. The first-order valence-corrected chi connectivity index (χ1v) is 3.91. The van der Waals surface area contributed by atoms with E-state index in [4.69, 9.17) is 16.0 Å². The van der Waals surface area contributed by atoms with E-state index in [2.05, 4.69) is 0 Å². The topological polar surface area (TPSA) is 33.4 Å². The molecule has 62 valence electrons. The maximum absolute atomic E-state index is 9.52. The van der Waals surface area contributed by atoms with Gasteiger partial charge in [-0.3, -0.25) is 0 Å². The van der Waals surface area contributed by atoms with Gasteiger partial charge in [0.25, 0.3) is 0 Å². The zero-order valence-electron chi connectivity index (χ0n) is 6.54. The minimum atomic E-state index is -0.527. The molecule has 3 heteroatoms. The number of aliphatic hydroxyl groups is 1. The Kier molecular flexibility index (Phi) is 2.58. The van der Waals surface area contributed by atoms with E-state index < -0.39 is 6.10 Å². The Labute approximate surface area is 70.8 Å². The van der Waals surface area contributed by atoms with Crippen LogP contribution in [0.5, 0.6) is 0 Å². The van der Waals surface area contributed by atoms with Gasteiger partial charge in [0, 0.05) is 5.56 Å². The van der Waals surface area contributed by atoms with Gasteiger partial charge < -0.3 is 9.52 Å². The molecule has 1 unspecified atom stereocenters. The van der Waals surface area contributed by atoms with Crippen molar-refractivity contribution in [2.75, 3.05) is 0 Å². The van der Waals surface area contributed by atoms with Crippen molar-refractivity contribution < 1.29 is 9.52 Å². The molecule has 0 bridgehead atoms. The first kappa shape index (κ1) is 8.62. The summed E-state index contributed by atoms with van der Waals surface area (Å²) in [7, 11) is 0. The average Bonchev–Trinajstić information content (AvgIpc) is 2.33. The Hall–Kier alpha value is -0.470. The lowest BCUT2D eigenvalue weighted by Gasteiger charge is -2.11. The molecule has 0 saturated heterocycles. The molecule has 0 amide bonds. The van der Waals surface area contributed by atoms with Gasteiger partial charge in [-0.2, -0.15) is 0 Å². The minimum Gasteiger partial charge on any atom is -0.453 e. The maximum Gasteiger partial charge on any atom is 0.198 e. The van der Waals surface area contributed by atoms with Gasteiger partial charge in [-0.05, 0) is 23.6 Å². The van der Waals surface area contributed by atoms with Crippen molar-refractivity contribution in [2.45, 2.75) is 20.0 Å². The third-order valence-corrected chi connectivity index (χ3v) is 1.90. The summed E-state index contributed by atoms with van der Waals surface area (Å²) in [5.41, 5.74) is 0.668. The predicted octanol–water partition coefficient (Wildman–Crippen LogP) is 2.62. The monoisotopic (exact) mass is 174 g/mol. The molecule has 0 aliphatic rings. The SMILES string of the molecule is CC(C)C(O)c1ccoc1Cl. The fraction of sp³-hybridized carbons (Fsp3) is 0.500. The number of furan rings is 1. The van der Waals surface area contributed by atoms with Crippen LogP contribution < -0.4 is 0 Å². The van der Waals surface area contributed by atoms with Crippen molar-refractivity contribution in [2.24, 2.45) is 5.92 Å². The van der Waals surface area contributed by atoms with E-state index in [0.29, 0.717) is 5.56 Å². The quantitative estimate of drug-likeness (QED) is 0.748. The first-order chi connectivity index (χ1) is 5.13. The Bertz CT molecular complexity index is 230. The van der Waals surface area contributed by atoms with Crippen molar-refractivity contribution in [3.05, 3.63) is 23.1 Å². The van der Waals surface area contributed by atoms with Gasteiger partial charge in [0.1, 0.15) is 0 Å². The van der Waals surface area contributed by atoms with Gasteiger partial charge in [0.15, 0.2) is 5.22 Å². The van der Waals surface area contributed by atoms with Crippen molar-refractivity contribution in [3.8, 4) is 0 Å². The van der Waals surface area contributed by atoms with Crippen LogP contribution in [0.4, 0.5) is 0 Å². The van der Waals surface area contributed by atoms with Crippen LogP contribution in [0.1, 0.15) is 25.5 Å². The molecule has 0 radical (unpaired) electrons. The summed E-state index contributed by atoms with van der Waals surface area (Å²) in [6, 6.07) is 1.69. The Morgan fingerprint density at radius 2 is 2.18 bits per heavy atom. The molecule has 1 heterocycles. The summed E-state index contributed by atoms with van der Waals surface area (Å²) in [6.45, 7) is 3.85. The second-order valence-corrected chi connectivity index (χ2v) is 3.18. The highest BCUT2D eigenvalue weighted by Gasteiger charge is 2.16. The zero-order chi connectivity index (χ0) is 8.43. The standard InChI is InChI=1S/C8H11ClO2/c1-5(2)7(10)6-3-4-11-8(6)9/h3-5,7,10H,1-2H3. The number of halogens is 1. The summed E-state index contributed by atoms with van der Waals surface area (Å²) < 4.78 is 4.84. The number of hydrogen-bond acceptors (Lipinski definition) is 2. The molecule has 0 spiro atoms. The second-order valence-electron chi connectivity index (χ2n) is 2.84. The molecule has 0 aliphatic carbocycles. The Balaban J connectivity index is 2.84. The average molecular weight is 175 g/mol. The normalized spacial score (nSPS) is 13.9. The van der Waals surface area contributed by atoms with E-state index in [1.807, 2.05) is 13.8 Å². The van der Waals surface area contributed by atoms with E-state index in [1.165, 1.54) is 6.26 Å².